The van der Waals surface area contributed by atoms with Crippen molar-refractivity contribution in [3.63, 3.8) is 0 Å². The minimum atomic E-state index is -1.05. The van der Waals surface area contributed by atoms with Crippen LogP contribution in [0.25, 0.3) is 0 Å². The van der Waals surface area contributed by atoms with Gasteiger partial charge in [-0.25, -0.2) is 9.59 Å². The van der Waals surface area contributed by atoms with Crippen LogP contribution in [-0.4, -0.2) is 55.2 Å². The average Bonchev–Trinajstić information content (AvgIpc) is 2.99. The number of carbonyl (C=O) groups excluding carboxylic acids is 3. The molecule has 0 radical (unpaired) electrons. The van der Waals surface area contributed by atoms with Gasteiger partial charge in [-0.05, 0) is 38.1 Å². The molecule has 8 nitrogen and oxygen atoms in total. The Labute approximate surface area is 139 Å². The molecule has 24 heavy (non-hydrogen) atoms. The highest BCUT2D eigenvalue weighted by Crippen LogP contribution is 2.17. The van der Waals surface area contributed by atoms with E-state index in [4.69, 9.17) is 14.2 Å². The van der Waals surface area contributed by atoms with E-state index in [2.05, 4.69) is 5.32 Å². The quantitative estimate of drug-likeness (QED) is 0.745. The molecule has 1 atom stereocenters. The van der Waals surface area contributed by atoms with Crippen LogP contribution in [-0.2, 0) is 14.3 Å². The molecule has 1 heterocycles. The van der Waals surface area contributed by atoms with E-state index in [9.17, 15) is 14.4 Å². The third kappa shape index (κ3) is 4.61. The number of nitrogens with one attached hydrogen (secondary N) is 1. The summed E-state index contributed by atoms with van der Waals surface area (Å²) in [4.78, 5) is 36.2. The van der Waals surface area contributed by atoms with Gasteiger partial charge in [0.15, 0.2) is 12.7 Å². The Morgan fingerprint density at radius 3 is 2.38 bits per heavy atom. The van der Waals surface area contributed by atoms with Gasteiger partial charge in [-0.1, -0.05) is 0 Å². The lowest BCUT2D eigenvalue weighted by Crippen LogP contribution is -2.42. The van der Waals surface area contributed by atoms with Gasteiger partial charge in [0.2, 0.25) is 0 Å². The van der Waals surface area contributed by atoms with E-state index in [1.165, 1.54) is 6.92 Å². The average molecular weight is 336 g/mol. The molecule has 2 rings (SSSR count). The van der Waals surface area contributed by atoms with Gasteiger partial charge in [0.1, 0.15) is 11.5 Å². The van der Waals surface area contributed by atoms with Crippen LogP contribution in [0.4, 0.5) is 4.79 Å². The molecule has 3 amide bonds. The Balaban J connectivity index is 1.78. The van der Waals surface area contributed by atoms with Gasteiger partial charge in [0, 0.05) is 13.1 Å². The lowest BCUT2D eigenvalue weighted by Gasteiger charge is -2.18. The number of imide groups is 1. The molecule has 1 aromatic rings. The van der Waals surface area contributed by atoms with Crippen molar-refractivity contribution in [2.45, 2.75) is 20.0 Å². The fraction of sp³-hybridized carbons (Fsp3) is 0.438. The minimum absolute atomic E-state index is 0.266. The van der Waals surface area contributed by atoms with Gasteiger partial charge in [-0.3, -0.25) is 9.69 Å². The molecule has 0 aliphatic carbocycles. The van der Waals surface area contributed by atoms with Gasteiger partial charge in [-0.15, -0.1) is 0 Å². The monoisotopic (exact) mass is 336 g/mol. The summed E-state index contributed by atoms with van der Waals surface area (Å²) in [5, 5.41) is 2.51. The number of hydrogen-bond acceptors (Lipinski definition) is 6. The van der Waals surface area contributed by atoms with Gasteiger partial charge in [0.05, 0.1) is 6.61 Å². The molecular formula is C16H20N2O6. The van der Waals surface area contributed by atoms with Crippen LogP contribution < -0.4 is 14.8 Å². The number of urea groups is 1. The number of hydrogen-bond donors (Lipinski definition) is 1. The minimum Gasteiger partial charge on any atom is -0.494 e. The fourth-order valence-corrected chi connectivity index (χ4v) is 2.12. The van der Waals surface area contributed by atoms with E-state index in [-0.39, 0.29) is 13.2 Å². The lowest BCUT2D eigenvalue weighted by atomic mass is 10.3. The Kier molecular flexibility index (Phi) is 6.00. The Hall–Kier alpha value is -2.77. The van der Waals surface area contributed by atoms with Crippen molar-refractivity contribution >= 4 is 17.9 Å². The highest BCUT2D eigenvalue weighted by atomic mass is 16.6. The van der Waals surface area contributed by atoms with Crippen molar-refractivity contribution in [3.05, 3.63) is 24.3 Å². The number of carbonyl (C=O) groups is 3. The molecule has 1 aliphatic heterocycles. The third-order valence-corrected chi connectivity index (χ3v) is 3.27. The van der Waals surface area contributed by atoms with Crippen molar-refractivity contribution in [1.29, 1.82) is 0 Å². The summed E-state index contributed by atoms with van der Waals surface area (Å²) in [5.41, 5.74) is 0. The molecule has 1 saturated heterocycles. The van der Waals surface area contributed by atoms with Crippen LogP contribution in [0, 0.1) is 0 Å². The van der Waals surface area contributed by atoms with Crippen LogP contribution in [0.15, 0.2) is 24.3 Å². The summed E-state index contributed by atoms with van der Waals surface area (Å²) in [6.45, 7) is 4.19. The largest absolute Gasteiger partial charge is 0.494 e. The topological polar surface area (TPSA) is 94.2 Å². The van der Waals surface area contributed by atoms with Crippen molar-refractivity contribution in [2.24, 2.45) is 0 Å². The number of benzene rings is 1. The maximum absolute atomic E-state index is 12.0. The van der Waals surface area contributed by atoms with Gasteiger partial charge in [-0.2, -0.15) is 0 Å². The Bertz CT molecular complexity index is 601. The van der Waals surface area contributed by atoms with E-state index in [0.717, 1.165) is 4.90 Å². The van der Waals surface area contributed by atoms with Crippen LogP contribution >= 0.6 is 0 Å². The molecule has 0 aromatic heterocycles. The maximum atomic E-state index is 12.0. The second-order valence-electron chi connectivity index (χ2n) is 5.05. The lowest BCUT2D eigenvalue weighted by molar-refractivity contribution is -0.159. The Morgan fingerprint density at radius 2 is 1.83 bits per heavy atom. The van der Waals surface area contributed by atoms with Crippen LogP contribution in [0.3, 0.4) is 0 Å². The molecule has 0 spiro atoms. The number of amides is 3. The summed E-state index contributed by atoms with van der Waals surface area (Å²) < 4.78 is 15.6. The zero-order valence-electron chi connectivity index (χ0n) is 13.6. The van der Waals surface area contributed by atoms with E-state index < -0.39 is 24.0 Å². The van der Waals surface area contributed by atoms with Gasteiger partial charge >= 0.3 is 12.0 Å². The van der Waals surface area contributed by atoms with Gasteiger partial charge in [0.25, 0.3) is 5.91 Å². The standard InChI is InChI=1S/C16H20N2O6/c1-3-22-12-4-6-13(7-5-12)23-10-14(19)24-11(2)15(20)18-9-8-17-16(18)21/h4-7,11H,3,8-10H2,1-2H3,(H,17,21)/t11-/m0/s1. The highest BCUT2D eigenvalue weighted by Gasteiger charge is 2.31. The second-order valence-corrected chi connectivity index (χ2v) is 5.05. The van der Waals surface area contributed by atoms with Gasteiger partial charge < -0.3 is 19.5 Å². The molecule has 0 bridgehead atoms. The molecule has 1 N–H and O–H groups in total. The molecule has 130 valence electrons. The first-order valence-electron chi connectivity index (χ1n) is 7.65. The van der Waals surface area contributed by atoms with E-state index in [1.54, 1.807) is 24.3 Å². The number of esters is 1. The van der Waals surface area contributed by atoms with Crippen molar-refractivity contribution in [2.75, 3.05) is 26.3 Å². The summed E-state index contributed by atoms with van der Waals surface area (Å²) in [7, 11) is 0. The SMILES string of the molecule is CCOc1ccc(OCC(=O)O[C@@H](C)C(=O)N2CCNC2=O)cc1. The predicted molar refractivity (Wildman–Crippen MR) is 83.8 cm³/mol. The molecule has 1 aliphatic rings. The van der Waals surface area contributed by atoms with Crippen LogP contribution in [0.1, 0.15) is 13.8 Å². The number of ether oxygens (including phenoxy) is 3. The first-order valence-corrected chi connectivity index (χ1v) is 7.65. The number of rotatable bonds is 7. The predicted octanol–water partition coefficient (Wildman–Crippen LogP) is 0.948. The first kappa shape index (κ1) is 17.6. The molecule has 8 heteroatoms. The first-order chi connectivity index (χ1) is 11.5. The second kappa shape index (κ2) is 8.19. The Morgan fingerprint density at radius 1 is 1.21 bits per heavy atom. The van der Waals surface area contributed by atoms with Crippen molar-refractivity contribution < 1.29 is 28.6 Å². The zero-order valence-corrected chi connectivity index (χ0v) is 13.6. The normalized spacial score (nSPS) is 14.8. The summed E-state index contributed by atoms with van der Waals surface area (Å²) >= 11 is 0. The maximum Gasteiger partial charge on any atom is 0.344 e. The highest BCUT2D eigenvalue weighted by molar-refractivity contribution is 5.98. The summed E-state index contributed by atoms with van der Waals surface area (Å²) in [6.07, 6.45) is -1.05. The van der Waals surface area contributed by atoms with Crippen molar-refractivity contribution in [1.82, 2.24) is 10.2 Å². The van der Waals surface area contributed by atoms with Crippen molar-refractivity contribution in [3.8, 4) is 11.5 Å². The van der Waals surface area contributed by atoms with Crippen LogP contribution in [0.2, 0.25) is 0 Å². The summed E-state index contributed by atoms with van der Waals surface area (Å²) in [6, 6.07) is 6.31. The third-order valence-electron chi connectivity index (χ3n) is 3.27. The molecule has 0 saturated carbocycles. The van der Waals surface area contributed by atoms with E-state index >= 15 is 0 Å². The zero-order chi connectivity index (χ0) is 17.5. The fourth-order valence-electron chi connectivity index (χ4n) is 2.12. The van der Waals surface area contributed by atoms with Crippen LogP contribution in [0.5, 0.6) is 11.5 Å². The smallest absolute Gasteiger partial charge is 0.344 e. The molecule has 1 fully saturated rings. The molecule has 0 unspecified atom stereocenters. The summed E-state index contributed by atoms with van der Waals surface area (Å²) in [5.74, 6) is -0.0624. The number of nitrogens with zero attached hydrogens (tertiary/aromatic N) is 1. The molecule has 1 aromatic carbocycles. The van der Waals surface area contributed by atoms with E-state index in [1.807, 2.05) is 6.92 Å². The van der Waals surface area contributed by atoms with E-state index in [0.29, 0.717) is 24.7 Å². The molecular weight excluding hydrogens is 316 g/mol.